The fourth-order valence-corrected chi connectivity index (χ4v) is 1.95. The summed E-state index contributed by atoms with van der Waals surface area (Å²) in [5.74, 6) is 1.76. The third-order valence-electron chi connectivity index (χ3n) is 3.04. The summed E-state index contributed by atoms with van der Waals surface area (Å²) in [4.78, 5) is 11.5. The Hall–Kier alpha value is -2.72. The van der Waals surface area contributed by atoms with Crippen LogP contribution in [0.2, 0.25) is 0 Å². The summed E-state index contributed by atoms with van der Waals surface area (Å²) in [6.45, 7) is 2.24. The van der Waals surface area contributed by atoms with E-state index >= 15 is 0 Å². The van der Waals surface area contributed by atoms with E-state index in [2.05, 4.69) is 0 Å². The zero-order chi connectivity index (χ0) is 17.9. The van der Waals surface area contributed by atoms with Crippen LogP contribution in [0, 0.1) is 0 Å². The van der Waals surface area contributed by atoms with Crippen LogP contribution in [0.15, 0.2) is 77.9 Å². The van der Waals surface area contributed by atoms with E-state index in [1.54, 1.807) is 6.92 Å². The van der Waals surface area contributed by atoms with Crippen LogP contribution in [0.3, 0.4) is 0 Å². The standard InChI is InChI=1S/C20H19ClO4/c1-16(14-20(22)23-13-5-12-21)15-24-17-8-10-19(11-9-17)25-18-6-3-2-4-7-18/h2-12,14H,13,15H2,1H3. The normalized spacial score (nSPS) is 11.4. The first kappa shape index (κ1) is 18.6. The Bertz CT molecular complexity index is 721. The van der Waals surface area contributed by atoms with Gasteiger partial charge >= 0.3 is 5.97 Å². The molecule has 0 atom stereocenters. The van der Waals surface area contributed by atoms with E-state index in [4.69, 9.17) is 25.8 Å². The third-order valence-corrected chi connectivity index (χ3v) is 3.22. The SMILES string of the molecule is CC(=CC(=O)OCC=CCl)COc1ccc(Oc2ccccc2)cc1. The van der Waals surface area contributed by atoms with E-state index < -0.39 is 5.97 Å². The second kappa shape index (κ2) is 10.2. The van der Waals surface area contributed by atoms with Crippen molar-refractivity contribution >= 4 is 17.6 Å². The fourth-order valence-electron chi connectivity index (χ4n) is 1.88. The molecule has 0 spiro atoms. The molecule has 0 aliphatic carbocycles. The maximum atomic E-state index is 11.5. The van der Waals surface area contributed by atoms with E-state index in [9.17, 15) is 4.79 Å². The van der Waals surface area contributed by atoms with Gasteiger partial charge in [0.1, 0.15) is 30.5 Å². The van der Waals surface area contributed by atoms with Gasteiger partial charge in [-0.25, -0.2) is 4.79 Å². The average molecular weight is 359 g/mol. The monoisotopic (exact) mass is 358 g/mol. The Balaban J connectivity index is 1.81. The van der Waals surface area contributed by atoms with Gasteiger partial charge in [-0.05, 0) is 55.0 Å². The fraction of sp³-hybridized carbons (Fsp3) is 0.150. The molecule has 2 aromatic rings. The molecule has 0 saturated carbocycles. The van der Waals surface area contributed by atoms with Crippen LogP contribution in [-0.2, 0) is 9.53 Å². The van der Waals surface area contributed by atoms with Gasteiger partial charge in [0.2, 0.25) is 0 Å². The molecule has 0 saturated heterocycles. The first-order valence-electron chi connectivity index (χ1n) is 7.72. The quantitative estimate of drug-likeness (QED) is 0.486. The van der Waals surface area contributed by atoms with Crippen molar-refractivity contribution in [2.45, 2.75) is 6.92 Å². The molecule has 2 rings (SSSR count). The molecule has 0 radical (unpaired) electrons. The lowest BCUT2D eigenvalue weighted by Crippen LogP contribution is -2.05. The van der Waals surface area contributed by atoms with Crippen molar-refractivity contribution < 1.29 is 19.0 Å². The number of halogens is 1. The van der Waals surface area contributed by atoms with Crippen LogP contribution < -0.4 is 9.47 Å². The van der Waals surface area contributed by atoms with E-state index in [1.807, 2.05) is 54.6 Å². The Kier molecular flexibility index (Phi) is 7.60. The number of hydrogen-bond acceptors (Lipinski definition) is 4. The Morgan fingerprint density at radius 1 is 1.00 bits per heavy atom. The predicted octanol–water partition coefficient (Wildman–Crippen LogP) is 5.10. The Morgan fingerprint density at radius 2 is 1.64 bits per heavy atom. The highest BCUT2D eigenvalue weighted by Gasteiger charge is 2.01. The molecule has 5 heteroatoms. The van der Waals surface area contributed by atoms with Gasteiger partial charge in [-0.3, -0.25) is 0 Å². The number of carbonyl (C=O) groups excluding carboxylic acids is 1. The molecule has 0 aliphatic rings. The highest BCUT2D eigenvalue weighted by Crippen LogP contribution is 2.23. The molecule has 0 fully saturated rings. The summed E-state index contributed by atoms with van der Waals surface area (Å²) in [6, 6.07) is 16.8. The smallest absolute Gasteiger partial charge is 0.331 e. The molecule has 0 bridgehead atoms. The number of ether oxygens (including phenoxy) is 3. The van der Waals surface area contributed by atoms with Gasteiger partial charge in [-0.15, -0.1) is 0 Å². The van der Waals surface area contributed by atoms with Crippen molar-refractivity contribution in [1.29, 1.82) is 0 Å². The lowest BCUT2D eigenvalue weighted by atomic mass is 10.3. The van der Waals surface area contributed by atoms with Gasteiger partial charge in [-0.2, -0.15) is 0 Å². The second-order valence-corrected chi connectivity index (χ2v) is 5.41. The highest BCUT2D eigenvalue weighted by molar-refractivity contribution is 6.25. The molecule has 0 amide bonds. The average Bonchev–Trinajstić information content (AvgIpc) is 2.62. The number of benzene rings is 2. The van der Waals surface area contributed by atoms with Crippen molar-refractivity contribution in [2.75, 3.05) is 13.2 Å². The molecule has 0 heterocycles. The van der Waals surface area contributed by atoms with Gasteiger partial charge in [0.25, 0.3) is 0 Å². The van der Waals surface area contributed by atoms with Crippen molar-refractivity contribution in [3.05, 3.63) is 77.9 Å². The number of para-hydroxylation sites is 1. The number of esters is 1. The summed E-state index contributed by atoms with van der Waals surface area (Å²) in [5, 5.41) is 0. The van der Waals surface area contributed by atoms with Crippen molar-refractivity contribution in [3.63, 3.8) is 0 Å². The van der Waals surface area contributed by atoms with Gasteiger partial charge in [0.05, 0.1) is 0 Å². The van der Waals surface area contributed by atoms with Crippen LogP contribution in [0.25, 0.3) is 0 Å². The van der Waals surface area contributed by atoms with Crippen molar-refractivity contribution in [3.8, 4) is 17.2 Å². The highest BCUT2D eigenvalue weighted by atomic mass is 35.5. The van der Waals surface area contributed by atoms with Crippen LogP contribution in [-0.4, -0.2) is 19.2 Å². The molecule has 0 unspecified atom stereocenters. The maximum Gasteiger partial charge on any atom is 0.331 e. The van der Waals surface area contributed by atoms with Crippen LogP contribution in [0.1, 0.15) is 6.92 Å². The number of rotatable bonds is 8. The summed E-state index contributed by atoms with van der Waals surface area (Å²) in [7, 11) is 0. The largest absolute Gasteiger partial charge is 0.489 e. The molecule has 130 valence electrons. The van der Waals surface area contributed by atoms with E-state index in [-0.39, 0.29) is 6.61 Å². The van der Waals surface area contributed by atoms with E-state index in [0.717, 1.165) is 17.1 Å². The summed E-state index contributed by atoms with van der Waals surface area (Å²) in [5.41, 5.74) is 2.06. The molecule has 0 N–H and O–H groups in total. The first-order valence-corrected chi connectivity index (χ1v) is 8.16. The molecule has 0 aromatic heterocycles. The minimum atomic E-state index is -0.428. The lowest BCUT2D eigenvalue weighted by Gasteiger charge is -2.09. The van der Waals surface area contributed by atoms with E-state index in [0.29, 0.717) is 12.4 Å². The van der Waals surface area contributed by atoms with E-state index in [1.165, 1.54) is 17.7 Å². The molecule has 4 nitrogen and oxygen atoms in total. The molecule has 25 heavy (non-hydrogen) atoms. The topological polar surface area (TPSA) is 44.8 Å². The minimum absolute atomic E-state index is 0.149. The number of hydrogen-bond donors (Lipinski definition) is 0. The van der Waals surface area contributed by atoms with Crippen LogP contribution in [0.5, 0.6) is 17.2 Å². The summed E-state index contributed by atoms with van der Waals surface area (Å²) < 4.78 is 16.3. The lowest BCUT2D eigenvalue weighted by molar-refractivity contribution is -0.136. The van der Waals surface area contributed by atoms with Crippen molar-refractivity contribution in [2.24, 2.45) is 0 Å². The zero-order valence-corrected chi connectivity index (χ0v) is 14.6. The summed E-state index contributed by atoms with van der Waals surface area (Å²) >= 11 is 5.35. The van der Waals surface area contributed by atoms with Crippen LogP contribution >= 0.6 is 11.6 Å². The molecular weight excluding hydrogens is 340 g/mol. The van der Waals surface area contributed by atoms with Crippen LogP contribution in [0.4, 0.5) is 0 Å². The van der Waals surface area contributed by atoms with Gasteiger partial charge < -0.3 is 14.2 Å². The van der Waals surface area contributed by atoms with Gasteiger partial charge in [0.15, 0.2) is 0 Å². The number of carbonyl (C=O) groups is 1. The predicted molar refractivity (Wildman–Crippen MR) is 98.2 cm³/mol. The Labute approximate surface area is 152 Å². The molecular formula is C20H19ClO4. The molecule has 2 aromatic carbocycles. The zero-order valence-electron chi connectivity index (χ0n) is 13.9. The minimum Gasteiger partial charge on any atom is -0.489 e. The second-order valence-electron chi connectivity index (χ2n) is 5.16. The Morgan fingerprint density at radius 3 is 2.32 bits per heavy atom. The first-order chi connectivity index (χ1) is 12.2. The maximum absolute atomic E-state index is 11.5. The van der Waals surface area contributed by atoms with Crippen molar-refractivity contribution in [1.82, 2.24) is 0 Å². The summed E-state index contributed by atoms with van der Waals surface area (Å²) in [6.07, 6.45) is 2.94. The van der Waals surface area contributed by atoms with Gasteiger partial charge in [0, 0.05) is 11.6 Å². The van der Waals surface area contributed by atoms with Gasteiger partial charge in [-0.1, -0.05) is 29.8 Å². The third kappa shape index (κ3) is 7.14. The molecule has 0 aliphatic heterocycles.